The monoisotopic (exact) mass is 302 g/mol. The molecule has 7 heteroatoms. The number of morpholine rings is 1. The molecule has 1 fully saturated rings. The van der Waals surface area contributed by atoms with E-state index in [0.29, 0.717) is 24.9 Å². The van der Waals surface area contributed by atoms with Crippen LogP contribution in [0.5, 0.6) is 0 Å². The van der Waals surface area contributed by atoms with Gasteiger partial charge in [-0.25, -0.2) is 4.98 Å². The molecule has 1 aromatic rings. The number of hydrogen-bond acceptors (Lipinski definition) is 4. The molecule has 1 aliphatic rings. The fourth-order valence-electron chi connectivity index (χ4n) is 2.12. The third kappa shape index (κ3) is 5.11. The molecule has 20 heavy (non-hydrogen) atoms. The molecule has 0 aliphatic carbocycles. The summed E-state index contributed by atoms with van der Waals surface area (Å²) >= 11 is 0. The van der Waals surface area contributed by atoms with Gasteiger partial charge in [-0.15, -0.1) is 12.4 Å². The highest BCUT2D eigenvalue weighted by molar-refractivity contribution is 5.89. The first-order valence-corrected chi connectivity index (χ1v) is 6.77. The van der Waals surface area contributed by atoms with Crippen LogP contribution in [0.25, 0.3) is 0 Å². The van der Waals surface area contributed by atoms with Crippen LogP contribution in [-0.2, 0) is 16.1 Å². The summed E-state index contributed by atoms with van der Waals surface area (Å²) in [5, 5.41) is 6.12. The van der Waals surface area contributed by atoms with Crippen LogP contribution >= 0.6 is 12.4 Å². The minimum atomic E-state index is -0.0285. The van der Waals surface area contributed by atoms with Crippen LogP contribution in [0.3, 0.4) is 0 Å². The van der Waals surface area contributed by atoms with Gasteiger partial charge in [0.2, 0.25) is 11.9 Å². The second-order valence-electron chi connectivity index (χ2n) is 5.28. The number of nitrogens with zero attached hydrogens (tertiary/aromatic N) is 2. The van der Waals surface area contributed by atoms with Gasteiger partial charge in [0.05, 0.1) is 13.2 Å². The van der Waals surface area contributed by atoms with E-state index in [1.54, 1.807) is 6.20 Å². The molecule has 1 aliphatic heterocycles. The number of aromatic nitrogens is 2. The highest BCUT2D eigenvalue weighted by Crippen LogP contribution is 2.09. The lowest BCUT2D eigenvalue weighted by molar-refractivity contribution is -0.117. The van der Waals surface area contributed by atoms with Gasteiger partial charge in [0.15, 0.2) is 0 Å². The van der Waals surface area contributed by atoms with Crippen molar-refractivity contribution in [3.63, 3.8) is 0 Å². The number of anilines is 1. The molecule has 1 atom stereocenters. The van der Waals surface area contributed by atoms with Gasteiger partial charge in [0, 0.05) is 37.9 Å². The Hall–Kier alpha value is -1.11. The van der Waals surface area contributed by atoms with E-state index in [1.807, 2.05) is 10.8 Å². The van der Waals surface area contributed by atoms with Crippen LogP contribution in [0.15, 0.2) is 12.4 Å². The zero-order valence-corrected chi connectivity index (χ0v) is 12.8. The molecule has 2 heterocycles. The number of carbonyl (C=O) groups is 1. The number of hydrogen-bond donors (Lipinski definition) is 2. The highest BCUT2D eigenvalue weighted by atomic mass is 35.5. The van der Waals surface area contributed by atoms with Gasteiger partial charge in [-0.2, -0.15) is 0 Å². The number of nitrogens with one attached hydrogen (secondary N) is 2. The maximum Gasteiger partial charge on any atom is 0.228 e. The van der Waals surface area contributed by atoms with E-state index in [0.717, 1.165) is 19.7 Å². The van der Waals surface area contributed by atoms with E-state index in [9.17, 15) is 4.79 Å². The van der Waals surface area contributed by atoms with Gasteiger partial charge < -0.3 is 14.6 Å². The van der Waals surface area contributed by atoms with Crippen molar-refractivity contribution in [2.75, 3.05) is 25.1 Å². The van der Waals surface area contributed by atoms with Crippen LogP contribution in [0, 0.1) is 5.92 Å². The molecule has 0 bridgehead atoms. The Bertz CT molecular complexity index is 416. The van der Waals surface area contributed by atoms with Crippen LogP contribution in [0.4, 0.5) is 5.95 Å². The maximum atomic E-state index is 12.0. The smallest absolute Gasteiger partial charge is 0.228 e. The third-order valence-corrected chi connectivity index (χ3v) is 2.96. The summed E-state index contributed by atoms with van der Waals surface area (Å²) in [6.07, 6.45) is 4.01. The Kier molecular flexibility index (Phi) is 6.98. The molecular weight excluding hydrogens is 280 g/mol. The van der Waals surface area contributed by atoms with Crippen molar-refractivity contribution >= 4 is 24.3 Å². The average molecular weight is 303 g/mol. The Morgan fingerprint density at radius 2 is 2.45 bits per heavy atom. The quantitative estimate of drug-likeness (QED) is 0.860. The molecule has 6 nitrogen and oxygen atoms in total. The summed E-state index contributed by atoms with van der Waals surface area (Å²) < 4.78 is 7.30. The average Bonchev–Trinajstić information content (AvgIpc) is 2.77. The number of amides is 1. The van der Waals surface area contributed by atoms with Crippen molar-refractivity contribution in [1.29, 1.82) is 0 Å². The van der Waals surface area contributed by atoms with E-state index < -0.39 is 0 Å². The first-order chi connectivity index (χ1) is 9.15. The number of ether oxygens (including phenoxy) is 1. The first kappa shape index (κ1) is 16.9. The Morgan fingerprint density at radius 1 is 1.65 bits per heavy atom. The van der Waals surface area contributed by atoms with Crippen LogP contribution in [0.1, 0.15) is 20.3 Å². The van der Waals surface area contributed by atoms with Gasteiger partial charge in [0.25, 0.3) is 0 Å². The van der Waals surface area contributed by atoms with E-state index in [-0.39, 0.29) is 24.4 Å². The van der Waals surface area contributed by atoms with Crippen LogP contribution in [-0.4, -0.2) is 41.3 Å². The van der Waals surface area contributed by atoms with Gasteiger partial charge in [-0.3, -0.25) is 10.1 Å². The zero-order valence-electron chi connectivity index (χ0n) is 12.0. The molecule has 1 unspecified atom stereocenters. The minimum absolute atomic E-state index is 0. The summed E-state index contributed by atoms with van der Waals surface area (Å²) in [5.74, 6) is 1.10. The van der Waals surface area contributed by atoms with E-state index in [1.165, 1.54) is 0 Å². The van der Waals surface area contributed by atoms with Crippen LogP contribution in [0.2, 0.25) is 0 Å². The van der Waals surface area contributed by atoms with Gasteiger partial charge >= 0.3 is 0 Å². The fourth-order valence-corrected chi connectivity index (χ4v) is 2.12. The zero-order chi connectivity index (χ0) is 13.7. The van der Waals surface area contributed by atoms with E-state index >= 15 is 0 Å². The van der Waals surface area contributed by atoms with Gasteiger partial charge in [-0.05, 0) is 5.92 Å². The summed E-state index contributed by atoms with van der Waals surface area (Å²) in [4.78, 5) is 16.1. The van der Waals surface area contributed by atoms with E-state index in [2.05, 4.69) is 29.5 Å². The molecule has 1 saturated heterocycles. The summed E-state index contributed by atoms with van der Waals surface area (Å²) in [7, 11) is 0. The topological polar surface area (TPSA) is 68.2 Å². The lowest BCUT2D eigenvalue weighted by Crippen LogP contribution is -2.43. The van der Waals surface area contributed by atoms with Crippen molar-refractivity contribution in [3.05, 3.63) is 12.4 Å². The summed E-state index contributed by atoms with van der Waals surface area (Å²) in [6, 6.07) is 0.0993. The lowest BCUT2D eigenvalue weighted by Gasteiger charge is -2.23. The Labute approximate surface area is 125 Å². The number of halogens is 1. The number of carbonyl (C=O) groups excluding carboxylic acids is 1. The predicted octanol–water partition coefficient (Wildman–Crippen LogP) is 1.28. The number of imidazole rings is 1. The summed E-state index contributed by atoms with van der Waals surface area (Å²) in [5.41, 5.74) is 0. The summed E-state index contributed by atoms with van der Waals surface area (Å²) in [6.45, 7) is 7.23. The van der Waals surface area contributed by atoms with Crippen molar-refractivity contribution < 1.29 is 9.53 Å². The molecule has 0 spiro atoms. The SMILES string of the molecule is CC(C)Cn1ccnc1NC(=O)CC1COCCN1.Cl. The Morgan fingerprint density at radius 3 is 3.10 bits per heavy atom. The fraction of sp³-hybridized carbons (Fsp3) is 0.692. The molecule has 2 N–H and O–H groups in total. The minimum Gasteiger partial charge on any atom is -0.378 e. The van der Waals surface area contributed by atoms with Crippen molar-refractivity contribution in [1.82, 2.24) is 14.9 Å². The molecule has 0 radical (unpaired) electrons. The predicted molar refractivity (Wildman–Crippen MR) is 80.2 cm³/mol. The molecule has 1 amide bonds. The van der Waals surface area contributed by atoms with Gasteiger partial charge in [0.1, 0.15) is 0 Å². The first-order valence-electron chi connectivity index (χ1n) is 6.77. The third-order valence-electron chi connectivity index (χ3n) is 2.96. The molecule has 114 valence electrons. The standard InChI is InChI=1S/C13H22N4O2.ClH/c1-10(2)8-17-5-3-15-13(17)16-12(18)7-11-9-19-6-4-14-11;/h3,5,10-11,14H,4,6-9H2,1-2H3,(H,15,16,18);1H. The maximum absolute atomic E-state index is 12.0. The molecule has 0 aromatic carbocycles. The molecular formula is C13H23ClN4O2. The molecule has 2 rings (SSSR count). The second-order valence-corrected chi connectivity index (χ2v) is 5.28. The lowest BCUT2D eigenvalue weighted by atomic mass is 10.2. The molecule has 0 saturated carbocycles. The van der Waals surface area contributed by atoms with E-state index in [4.69, 9.17) is 4.74 Å². The van der Waals surface area contributed by atoms with Crippen molar-refractivity contribution in [2.24, 2.45) is 5.92 Å². The largest absolute Gasteiger partial charge is 0.378 e. The second kappa shape index (κ2) is 8.24. The highest BCUT2D eigenvalue weighted by Gasteiger charge is 2.18. The van der Waals surface area contributed by atoms with Crippen molar-refractivity contribution in [2.45, 2.75) is 32.9 Å². The van der Waals surface area contributed by atoms with Gasteiger partial charge in [-0.1, -0.05) is 13.8 Å². The van der Waals surface area contributed by atoms with Crippen molar-refractivity contribution in [3.8, 4) is 0 Å². The Balaban J connectivity index is 0.00000200. The molecule has 1 aromatic heterocycles. The normalized spacial score (nSPS) is 18.6. The number of rotatable bonds is 5. The van der Waals surface area contributed by atoms with Crippen LogP contribution < -0.4 is 10.6 Å².